The maximum Gasteiger partial charge on any atom is 0.421 e. The van der Waals surface area contributed by atoms with Crippen molar-refractivity contribution in [2.24, 2.45) is 5.73 Å². The van der Waals surface area contributed by atoms with Gasteiger partial charge in [0.1, 0.15) is 24.1 Å². The highest BCUT2D eigenvalue weighted by molar-refractivity contribution is 5.59. The van der Waals surface area contributed by atoms with E-state index in [1.807, 2.05) is 6.07 Å². The van der Waals surface area contributed by atoms with Crippen LogP contribution in [0.25, 0.3) is 0 Å². The maximum absolute atomic E-state index is 12.8. The number of anilines is 3. The SMILES string of the molecule is CNc1nc(Nc2cnc(C#N)c(OCCN)c2)ncc1C(F)(F)F. The average molecular weight is 353 g/mol. The molecule has 8 nitrogen and oxygen atoms in total. The van der Waals surface area contributed by atoms with Crippen LogP contribution in [0.4, 0.5) is 30.6 Å². The minimum absolute atomic E-state index is 0.0586. The molecule has 0 spiro atoms. The Morgan fingerprint density at radius 2 is 2.08 bits per heavy atom. The van der Waals surface area contributed by atoms with Gasteiger partial charge in [0, 0.05) is 25.9 Å². The van der Waals surface area contributed by atoms with Crippen molar-refractivity contribution in [2.75, 3.05) is 30.8 Å². The number of hydrogen-bond acceptors (Lipinski definition) is 8. The van der Waals surface area contributed by atoms with E-state index >= 15 is 0 Å². The van der Waals surface area contributed by atoms with Gasteiger partial charge in [-0.1, -0.05) is 0 Å². The van der Waals surface area contributed by atoms with Gasteiger partial charge in [0.2, 0.25) is 5.95 Å². The Hall–Kier alpha value is -3.13. The van der Waals surface area contributed by atoms with Gasteiger partial charge in [0.25, 0.3) is 0 Å². The molecule has 2 rings (SSSR count). The Balaban J connectivity index is 2.29. The molecule has 0 atom stereocenters. The van der Waals surface area contributed by atoms with E-state index in [-0.39, 0.29) is 36.4 Å². The Kier molecular flexibility index (Phi) is 5.56. The van der Waals surface area contributed by atoms with Gasteiger partial charge in [-0.25, -0.2) is 9.97 Å². The third-order valence-electron chi connectivity index (χ3n) is 2.92. The monoisotopic (exact) mass is 353 g/mol. The lowest BCUT2D eigenvalue weighted by Crippen LogP contribution is -2.13. The summed E-state index contributed by atoms with van der Waals surface area (Å²) in [6.45, 7) is 0.427. The highest BCUT2D eigenvalue weighted by atomic mass is 19.4. The quantitative estimate of drug-likeness (QED) is 0.720. The van der Waals surface area contributed by atoms with E-state index in [9.17, 15) is 13.2 Å². The third kappa shape index (κ3) is 4.45. The average Bonchev–Trinajstić information content (AvgIpc) is 2.59. The zero-order chi connectivity index (χ0) is 18.4. The van der Waals surface area contributed by atoms with Crippen LogP contribution in [-0.2, 0) is 6.18 Å². The maximum atomic E-state index is 12.8. The number of nitriles is 1. The topological polar surface area (TPSA) is 122 Å². The van der Waals surface area contributed by atoms with E-state index in [1.165, 1.54) is 19.3 Å². The highest BCUT2D eigenvalue weighted by Crippen LogP contribution is 2.34. The molecule has 4 N–H and O–H groups in total. The van der Waals surface area contributed by atoms with Crippen LogP contribution in [0.2, 0.25) is 0 Å². The summed E-state index contributed by atoms with van der Waals surface area (Å²) in [6, 6.07) is 3.33. The molecule has 0 unspecified atom stereocenters. The molecule has 11 heteroatoms. The van der Waals surface area contributed by atoms with Crippen molar-refractivity contribution in [3.63, 3.8) is 0 Å². The van der Waals surface area contributed by atoms with Crippen LogP contribution in [0.3, 0.4) is 0 Å². The molecule has 0 saturated carbocycles. The summed E-state index contributed by atoms with van der Waals surface area (Å²) in [5, 5.41) is 14.1. The number of ether oxygens (including phenoxy) is 1. The fourth-order valence-corrected chi connectivity index (χ4v) is 1.84. The number of alkyl halides is 3. The summed E-state index contributed by atoms with van der Waals surface area (Å²) < 4.78 is 43.8. The standard InChI is InChI=1S/C14H14F3N7O/c1-20-12-9(14(15,16)17)7-22-13(24-12)23-8-4-11(25-3-2-18)10(5-19)21-6-8/h4,6-7H,2-3,18H2,1H3,(H2,20,22,23,24). The van der Waals surface area contributed by atoms with Crippen LogP contribution < -0.4 is 21.1 Å². The first-order valence-corrected chi connectivity index (χ1v) is 7.01. The molecule has 0 aliphatic rings. The van der Waals surface area contributed by atoms with Gasteiger partial charge >= 0.3 is 6.18 Å². The number of pyridine rings is 1. The van der Waals surface area contributed by atoms with Crippen LogP contribution >= 0.6 is 0 Å². The first-order valence-electron chi connectivity index (χ1n) is 7.01. The molecule has 0 fully saturated rings. The first kappa shape index (κ1) is 18.2. The van der Waals surface area contributed by atoms with E-state index < -0.39 is 11.7 Å². The van der Waals surface area contributed by atoms with Crippen LogP contribution in [0, 0.1) is 11.3 Å². The lowest BCUT2D eigenvalue weighted by atomic mass is 10.3. The molecule has 0 aromatic carbocycles. The van der Waals surface area contributed by atoms with Crippen molar-refractivity contribution >= 4 is 17.5 Å². The smallest absolute Gasteiger partial charge is 0.421 e. The lowest BCUT2D eigenvalue weighted by molar-refractivity contribution is -0.137. The summed E-state index contributed by atoms with van der Waals surface area (Å²) in [5.41, 5.74) is 4.77. The summed E-state index contributed by atoms with van der Waals surface area (Å²) in [7, 11) is 1.32. The number of rotatable bonds is 6. The predicted molar refractivity (Wildman–Crippen MR) is 83.4 cm³/mol. The molecule has 0 amide bonds. The Labute approximate surface area is 140 Å². The molecule has 2 aromatic rings. The van der Waals surface area contributed by atoms with Gasteiger partial charge in [0.05, 0.1) is 11.9 Å². The fourth-order valence-electron chi connectivity index (χ4n) is 1.84. The zero-order valence-electron chi connectivity index (χ0n) is 13.1. The second-order valence-electron chi connectivity index (χ2n) is 4.65. The number of nitrogens with zero attached hydrogens (tertiary/aromatic N) is 4. The lowest BCUT2D eigenvalue weighted by Gasteiger charge is -2.13. The van der Waals surface area contributed by atoms with Gasteiger partial charge in [0.15, 0.2) is 11.4 Å². The molecule has 2 heterocycles. The van der Waals surface area contributed by atoms with Crippen molar-refractivity contribution in [3.05, 3.63) is 29.7 Å². The van der Waals surface area contributed by atoms with Crippen LogP contribution in [-0.4, -0.2) is 35.2 Å². The molecule has 2 aromatic heterocycles. The highest BCUT2D eigenvalue weighted by Gasteiger charge is 2.35. The van der Waals surface area contributed by atoms with Gasteiger partial charge in [-0.05, 0) is 0 Å². The third-order valence-corrected chi connectivity index (χ3v) is 2.92. The summed E-state index contributed by atoms with van der Waals surface area (Å²) >= 11 is 0. The summed E-state index contributed by atoms with van der Waals surface area (Å²) in [5.74, 6) is -0.251. The molecule has 25 heavy (non-hydrogen) atoms. The van der Waals surface area contributed by atoms with Gasteiger partial charge < -0.3 is 21.1 Å². The van der Waals surface area contributed by atoms with Crippen molar-refractivity contribution in [2.45, 2.75) is 6.18 Å². The largest absolute Gasteiger partial charge is 0.489 e. The van der Waals surface area contributed by atoms with Gasteiger partial charge in [-0.15, -0.1) is 0 Å². The number of aromatic nitrogens is 3. The van der Waals surface area contributed by atoms with E-state index in [1.54, 1.807) is 0 Å². The van der Waals surface area contributed by atoms with Crippen molar-refractivity contribution in [3.8, 4) is 11.8 Å². The summed E-state index contributed by atoms with van der Waals surface area (Å²) in [6.07, 6.45) is -2.59. The van der Waals surface area contributed by atoms with Crippen LogP contribution in [0.1, 0.15) is 11.3 Å². The first-order chi connectivity index (χ1) is 11.9. The van der Waals surface area contributed by atoms with Crippen molar-refractivity contribution < 1.29 is 17.9 Å². The van der Waals surface area contributed by atoms with Gasteiger partial charge in [-0.2, -0.15) is 23.4 Å². The number of hydrogen-bond donors (Lipinski definition) is 3. The molecule has 0 aliphatic carbocycles. The molecular weight excluding hydrogens is 339 g/mol. The van der Waals surface area contributed by atoms with E-state index in [2.05, 4.69) is 25.6 Å². The molecule has 0 bridgehead atoms. The van der Waals surface area contributed by atoms with Gasteiger partial charge in [-0.3, -0.25) is 0 Å². The molecule has 132 valence electrons. The number of halogens is 3. The molecule has 0 saturated heterocycles. The minimum atomic E-state index is -4.57. The Morgan fingerprint density at radius 1 is 1.32 bits per heavy atom. The van der Waals surface area contributed by atoms with Crippen molar-refractivity contribution in [1.82, 2.24) is 15.0 Å². The second-order valence-corrected chi connectivity index (χ2v) is 4.65. The normalized spacial score (nSPS) is 10.9. The zero-order valence-corrected chi connectivity index (χ0v) is 13.1. The van der Waals surface area contributed by atoms with E-state index in [0.717, 1.165) is 0 Å². The number of nitrogens with two attached hydrogens (primary N) is 1. The number of nitrogens with one attached hydrogen (secondary N) is 2. The summed E-state index contributed by atoms with van der Waals surface area (Å²) in [4.78, 5) is 11.3. The van der Waals surface area contributed by atoms with E-state index in [4.69, 9.17) is 15.7 Å². The predicted octanol–water partition coefficient (Wildman–Crippen LogP) is 1.88. The van der Waals surface area contributed by atoms with Crippen LogP contribution in [0.5, 0.6) is 5.75 Å². The molecule has 0 radical (unpaired) electrons. The van der Waals surface area contributed by atoms with Crippen molar-refractivity contribution in [1.29, 1.82) is 5.26 Å². The molecular formula is C14H14F3N7O. The Morgan fingerprint density at radius 3 is 2.68 bits per heavy atom. The molecule has 0 aliphatic heterocycles. The van der Waals surface area contributed by atoms with Crippen LogP contribution in [0.15, 0.2) is 18.5 Å². The fraction of sp³-hybridized carbons (Fsp3) is 0.286. The van der Waals surface area contributed by atoms with E-state index in [0.29, 0.717) is 11.9 Å². The Bertz CT molecular complexity index is 789. The second kappa shape index (κ2) is 7.63. The minimum Gasteiger partial charge on any atom is -0.489 e.